The summed E-state index contributed by atoms with van der Waals surface area (Å²) in [5.41, 5.74) is -0.486. The first-order valence-corrected chi connectivity index (χ1v) is 20.8. The van der Waals surface area contributed by atoms with Crippen molar-refractivity contribution in [1.29, 1.82) is 0 Å². The number of nitrogens with one attached hydrogen (secondary N) is 1. The molecular weight excluding hydrogens is 838 g/mol. The molecule has 0 bridgehead atoms. The summed E-state index contributed by atoms with van der Waals surface area (Å²) in [6, 6.07) is 6.19. The highest BCUT2D eigenvalue weighted by Gasteiger charge is 2.54. The Morgan fingerprint density at radius 2 is 1.57 bits per heavy atom. The lowest BCUT2D eigenvalue weighted by molar-refractivity contribution is -0.347. The zero-order chi connectivity index (χ0) is 45.5. The summed E-state index contributed by atoms with van der Waals surface area (Å²) < 4.78 is 41.8. The Balaban J connectivity index is 1.40. The van der Waals surface area contributed by atoms with Crippen LogP contribution in [0.4, 0.5) is 0 Å². The van der Waals surface area contributed by atoms with Crippen molar-refractivity contribution in [3.8, 4) is 11.9 Å². The molecule has 1 amide bonds. The van der Waals surface area contributed by atoms with Crippen LogP contribution >= 0.6 is 0 Å². The van der Waals surface area contributed by atoms with Crippen molar-refractivity contribution >= 4 is 23.8 Å². The van der Waals surface area contributed by atoms with E-state index in [9.17, 15) is 60.0 Å². The highest BCUT2D eigenvalue weighted by molar-refractivity contribution is 5.93. The van der Waals surface area contributed by atoms with Crippen LogP contribution in [0.25, 0.3) is 0 Å². The van der Waals surface area contributed by atoms with Gasteiger partial charge in [0.1, 0.15) is 48.4 Å². The number of ether oxygens (including phenoxy) is 7. The summed E-state index contributed by atoms with van der Waals surface area (Å²) in [6.45, 7) is 0.528. The highest BCUT2D eigenvalue weighted by atomic mass is 16.7. The Hall–Kier alpha value is -4.62. The van der Waals surface area contributed by atoms with Crippen LogP contribution in [0.5, 0.6) is 11.9 Å². The van der Waals surface area contributed by atoms with E-state index in [1.54, 1.807) is 18.2 Å². The molecule has 2 saturated heterocycles. The largest absolute Gasteiger partial charge is 0.493 e. The fourth-order valence-electron chi connectivity index (χ4n) is 8.59. The molecule has 348 valence electrons. The fraction of sp³-hybridized carbons (Fsp3) is 0.659. The van der Waals surface area contributed by atoms with E-state index in [0.717, 1.165) is 45.3 Å². The monoisotopic (exact) mass is 893 g/mol. The number of aliphatic hydroxyl groups excluding tert-OH is 5. The molecule has 1 aromatic heterocycles. The van der Waals surface area contributed by atoms with Crippen LogP contribution in [-0.2, 0) is 42.7 Å². The first-order valence-electron chi connectivity index (χ1n) is 20.8. The summed E-state index contributed by atoms with van der Waals surface area (Å²) >= 11 is 0. The molecule has 2 aromatic rings. The van der Waals surface area contributed by atoms with Crippen LogP contribution in [0.2, 0.25) is 0 Å². The van der Waals surface area contributed by atoms with Gasteiger partial charge < -0.3 is 79.3 Å². The minimum Gasteiger partial charge on any atom is -0.493 e. The number of nitrogens with zero attached hydrogens (tertiary/aromatic N) is 2. The first-order chi connectivity index (χ1) is 30.1. The lowest BCUT2D eigenvalue weighted by Gasteiger charge is -2.48. The Bertz CT molecular complexity index is 1850. The van der Waals surface area contributed by atoms with Crippen molar-refractivity contribution < 1.29 is 93.2 Å². The number of carbonyl (C=O) groups is 4. The third-order valence-electron chi connectivity index (χ3n) is 11.9. The maximum Gasteiger partial charge on any atom is 0.338 e. The minimum atomic E-state index is -1.89. The topological polar surface area (TPSA) is 333 Å². The predicted octanol–water partition coefficient (Wildman–Crippen LogP) is -0.720. The molecule has 2 saturated carbocycles. The fourth-order valence-corrected chi connectivity index (χ4v) is 8.59. The Morgan fingerprint density at radius 3 is 2.22 bits per heavy atom. The number of hydrogen-bond donors (Lipinski definition) is 9. The number of aromatic nitrogens is 2. The van der Waals surface area contributed by atoms with Gasteiger partial charge in [-0.1, -0.05) is 50.3 Å². The second kappa shape index (κ2) is 21.4. The summed E-state index contributed by atoms with van der Waals surface area (Å²) in [5.74, 6) is -6.03. The molecule has 0 spiro atoms. The van der Waals surface area contributed by atoms with Gasteiger partial charge in [-0.3, -0.25) is 9.59 Å². The number of hydrogen-bond acceptors (Lipinski definition) is 20. The number of aliphatic carboxylic acids is 1. The van der Waals surface area contributed by atoms with E-state index in [0.29, 0.717) is 0 Å². The van der Waals surface area contributed by atoms with Crippen LogP contribution in [0.1, 0.15) is 79.1 Å². The number of amides is 1. The maximum atomic E-state index is 13.8. The summed E-state index contributed by atoms with van der Waals surface area (Å²) in [6.07, 6.45) is -17.5. The van der Waals surface area contributed by atoms with Crippen molar-refractivity contribution in [1.82, 2.24) is 15.3 Å². The van der Waals surface area contributed by atoms with Crippen molar-refractivity contribution in [3.05, 3.63) is 47.7 Å². The molecule has 63 heavy (non-hydrogen) atoms. The van der Waals surface area contributed by atoms with Gasteiger partial charge in [0.15, 0.2) is 24.8 Å². The number of esters is 2. The molecule has 1 aromatic carbocycles. The van der Waals surface area contributed by atoms with Crippen LogP contribution in [-0.4, -0.2) is 174 Å². The third-order valence-corrected chi connectivity index (χ3v) is 11.9. The highest BCUT2D eigenvalue weighted by Crippen LogP contribution is 2.38. The average molecular weight is 894 g/mol. The lowest BCUT2D eigenvalue weighted by atomic mass is 9.81. The number of benzene rings is 1. The molecule has 6 rings (SSSR count). The van der Waals surface area contributed by atoms with Gasteiger partial charge in [-0.05, 0) is 44.2 Å². The van der Waals surface area contributed by atoms with Crippen LogP contribution < -0.4 is 5.32 Å². The van der Waals surface area contributed by atoms with Gasteiger partial charge in [0.05, 0.1) is 43.4 Å². The molecule has 15 atom stereocenters. The summed E-state index contributed by atoms with van der Waals surface area (Å²) in [5, 5.41) is 87.1. The van der Waals surface area contributed by atoms with E-state index in [2.05, 4.69) is 15.3 Å². The molecule has 3 heterocycles. The number of aliphatic hydroxyl groups is 5. The second-order valence-corrected chi connectivity index (χ2v) is 16.3. The predicted molar refractivity (Wildman–Crippen MR) is 208 cm³/mol. The normalized spacial score (nSPS) is 34.3. The van der Waals surface area contributed by atoms with Crippen LogP contribution in [0, 0.1) is 11.8 Å². The Kier molecular flexibility index (Phi) is 16.2. The molecule has 4 fully saturated rings. The van der Waals surface area contributed by atoms with Crippen molar-refractivity contribution in [2.24, 2.45) is 11.8 Å². The molecule has 22 nitrogen and oxygen atoms in total. The van der Waals surface area contributed by atoms with E-state index in [1.807, 2.05) is 0 Å². The Morgan fingerprint density at radius 1 is 0.857 bits per heavy atom. The van der Waals surface area contributed by atoms with E-state index >= 15 is 0 Å². The number of rotatable bonds is 15. The quantitative estimate of drug-likeness (QED) is 0.0996. The maximum absolute atomic E-state index is 13.8. The molecular formula is C41H55N3O19. The average Bonchev–Trinajstić information content (AvgIpc) is 3.26. The molecule has 14 unspecified atom stereocenters. The zero-order valence-electron chi connectivity index (χ0n) is 34.5. The smallest absolute Gasteiger partial charge is 0.338 e. The van der Waals surface area contributed by atoms with E-state index < -0.39 is 140 Å². The van der Waals surface area contributed by atoms with Gasteiger partial charge in [0.2, 0.25) is 5.88 Å². The number of carbonyl (C=O) groups excluding carboxylic acids is 3. The third kappa shape index (κ3) is 11.6. The van der Waals surface area contributed by atoms with E-state index in [4.69, 9.17) is 33.2 Å². The number of carboxylic acid groups (broad SMARTS) is 1. The van der Waals surface area contributed by atoms with Gasteiger partial charge in [-0.15, -0.1) is 0 Å². The standard InChI is InChI=1S/C41H55N3O19/c1-18-28(47)30(49)31(50)39(58-18)63-32-22(42-35(51)23-16-27(46)44-41(56)43-23)14-21(37(54)57-2)15-24(32)60-40-34(62-38(55)20-11-7-4-8-12-20)33(29(48)26(17-45)61-40)59-25(36(52)53)13-19-9-5-3-6-10-19/h4,7-8,11-12,16,18-19,21-22,24-26,28-34,39-40,45,47-50H,3,5-6,9-10,13-15,17H2,1-2H3,(H,42,51)(H,52,53)(H2,43,44,46,56)/t18?,21?,22?,24?,25-,26?,28?,29?,30?,31?,32?,33?,34?,39?,40?/m0/s1. The lowest BCUT2D eigenvalue weighted by Crippen LogP contribution is -2.65. The summed E-state index contributed by atoms with van der Waals surface area (Å²) in [7, 11) is 1.12. The number of carboxylic acids is 1. The molecule has 2 aliphatic heterocycles. The van der Waals surface area contributed by atoms with E-state index in [1.165, 1.54) is 19.1 Å². The summed E-state index contributed by atoms with van der Waals surface area (Å²) in [4.78, 5) is 60.5. The van der Waals surface area contributed by atoms with Crippen LogP contribution in [0.3, 0.4) is 0 Å². The van der Waals surface area contributed by atoms with Crippen molar-refractivity contribution in [2.75, 3.05) is 13.7 Å². The Labute approximate surface area is 361 Å². The van der Waals surface area contributed by atoms with Gasteiger partial charge in [0.25, 0.3) is 5.91 Å². The molecule has 22 heteroatoms. The van der Waals surface area contributed by atoms with Gasteiger partial charge in [-0.2, -0.15) is 9.97 Å². The number of aromatic hydroxyl groups is 2. The van der Waals surface area contributed by atoms with Gasteiger partial charge in [0, 0.05) is 6.07 Å². The molecule has 0 radical (unpaired) electrons. The van der Waals surface area contributed by atoms with Crippen LogP contribution in [0.15, 0.2) is 36.4 Å². The van der Waals surface area contributed by atoms with Gasteiger partial charge in [-0.25, -0.2) is 9.59 Å². The molecule has 4 aliphatic rings. The first kappa shape index (κ1) is 47.8. The SMILES string of the molecule is COC(=O)C1CC(NC(=O)c2cc(O)nc(O)n2)C(OC2OC(C)C(O)C(O)C2O)C(OC2OC(CO)C(O)C(O[C@@H](CC3CCCCC3)C(=O)O)C2OC(=O)c2ccccc2)C1. The molecule has 9 N–H and O–H groups in total. The van der Waals surface area contributed by atoms with Crippen molar-refractivity contribution in [3.63, 3.8) is 0 Å². The van der Waals surface area contributed by atoms with Crippen molar-refractivity contribution in [2.45, 2.75) is 144 Å². The minimum absolute atomic E-state index is 0.0274. The zero-order valence-corrected chi connectivity index (χ0v) is 34.5. The van der Waals surface area contributed by atoms with E-state index in [-0.39, 0.29) is 30.7 Å². The van der Waals surface area contributed by atoms with Gasteiger partial charge >= 0.3 is 23.9 Å². The molecule has 2 aliphatic carbocycles. The number of methoxy groups -OCH3 is 1. The second-order valence-electron chi connectivity index (χ2n) is 16.3.